The number of benzene rings is 1. The quantitative estimate of drug-likeness (QED) is 0.765. The van der Waals surface area contributed by atoms with Gasteiger partial charge in [0.25, 0.3) is 0 Å². The first kappa shape index (κ1) is 9.91. The van der Waals surface area contributed by atoms with E-state index in [0.29, 0.717) is 6.07 Å². The number of hydrogen-bond donors (Lipinski definition) is 1. The normalized spacial score (nSPS) is 10.6. The lowest BCUT2D eigenvalue weighted by atomic mass is 10.2. The highest BCUT2D eigenvalue weighted by Gasteiger charge is 2.19. The number of halogens is 3. The molecule has 7 heteroatoms. The second kappa shape index (κ2) is 3.50. The van der Waals surface area contributed by atoms with Gasteiger partial charge in [0.2, 0.25) is 0 Å². The zero-order valence-corrected chi connectivity index (χ0v) is 7.99. The summed E-state index contributed by atoms with van der Waals surface area (Å²) in [5, 5.41) is 0.0630. The Balaban J connectivity index is 2.66. The second-order valence-electron chi connectivity index (χ2n) is 2.67. The van der Waals surface area contributed by atoms with E-state index < -0.39 is 23.0 Å². The van der Waals surface area contributed by atoms with Gasteiger partial charge in [0.05, 0.1) is 5.56 Å². The molecule has 1 aromatic heterocycles. The van der Waals surface area contributed by atoms with Crippen molar-refractivity contribution in [2.24, 2.45) is 0 Å². The molecule has 0 fully saturated rings. The fraction of sp³-hybridized carbons (Fsp3) is 0. The van der Waals surface area contributed by atoms with Crippen LogP contribution in [0.3, 0.4) is 0 Å². The Morgan fingerprint density at radius 3 is 2.40 bits per heavy atom. The summed E-state index contributed by atoms with van der Waals surface area (Å²) in [7, 11) is 0. The lowest BCUT2D eigenvalue weighted by Gasteiger charge is -2.00. The molecule has 2 N–H and O–H groups in total. The van der Waals surface area contributed by atoms with E-state index >= 15 is 0 Å². The second-order valence-corrected chi connectivity index (χ2v) is 3.46. The van der Waals surface area contributed by atoms with Crippen LogP contribution in [0.25, 0.3) is 11.4 Å². The van der Waals surface area contributed by atoms with Crippen molar-refractivity contribution in [2.75, 3.05) is 5.73 Å². The molecule has 0 aliphatic heterocycles. The van der Waals surface area contributed by atoms with Gasteiger partial charge in [-0.05, 0) is 12.1 Å². The predicted octanol–water partition coefficient (Wildman–Crippen LogP) is 2.20. The van der Waals surface area contributed by atoms with Crippen LogP contribution in [-0.2, 0) is 0 Å². The molecule has 0 radical (unpaired) electrons. The predicted molar refractivity (Wildman–Crippen MR) is 49.6 cm³/mol. The molecule has 0 atom stereocenters. The van der Waals surface area contributed by atoms with Gasteiger partial charge < -0.3 is 5.73 Å². The molecule has 0 unspecified atom stereocenters. The van der Waals surface area contributed by atoms with Crippen LogP contribution in [0.1, 0.15) is 0 Å². The Morgan fingerprint density at radius 1 is 1.13 bits per heavy atom. The van der Waals surface area contributed by atoms with Crippen LogP contribution in [0.4, 0.5) is 18.3 Å². The van der Waals surface area contributed by atoms with E-state index in [9.17, 15) is 13.2 Å². The van der Waals surface area contributed by atoms with Crippen LogP contribution in [-0.4, -0.2) is 9.36 Å². The number of nitrogens with two attached hydrogens (primary N) is 1. The third kappa shape index (κ3) is 1.65. The molecule has 0 saturated carbocycles. The summed E-state index contributed by atoms with van der Waals surface area (Å²) >= 11 is 0.783. The third-order valence-corrected chi connectivity index (χ3v) is 2.25. The Bertz CT molecular complexity index is 512. The van der Waals surface area contributed by atoms with Crippen molar-refractivity contribution in [3.05, 3.63) is 29.6 Å². The van der Waals surface area contributed by atoms with Crippen LogP contribution >= 0.6 is 11.5 Å². The largest absolute Gasteiger partial charge is 0.374 e. The summed E-state index contributed by atoms with van der Waals surface area (Å²) in [6.07, 6.45) is 0. The summed E-state index contributed by atoms with van der Waals surface area (Å²) in [5.41, 5.74) is 4.67. The molecule has 0 bridgehead atoms. The summed E-state index contributed by atoms with van der Waals surface area (Å²) < 4.78 is 42.9. The summed E-state index contributed by atoms with van der Waals surface area (Å²) in [5.74, 6) is -3.63. The van der Waals surface area contributed by atoms with E-state index in [0.717, 1.165) is 17.6 Å². The van der Waals surface area contributed by atoms with E-state index in [1.165, 1.54) is 0 Å². The molecule has 2 aromatic rings. The van der Waals surface area contributed by atoms with Crippen LogP contribution in [0.2, 0.25) is 0 Å². The van der Waals surface area contributed by atoms with Crippen molar-refractivity contribution >= 4 is 16.7 Å². The Morgan fingerprint density at radius 2 is 1.80 bits per heavy atom. The van der Waals surface area contributed by atoms with E-state index in [-0.39, 0.29) is 11.0 Å². The third-order valence-electron chi connectivity index (χ3n) is 1.71. The van der Waals surface area contributed by atoms with Crippen LogP contribution < -0.4 is 5.73 Å². The van der Waals surface area contributed by atoms with Gasteiger partial charge in [-0.2, -0.15) is 9.36 Å². The van der Waals surface area contributed by atoms with E-state index in [2.05, 4.69) is 9.36 Å². The van der Waals surface area contributed by atoms with Gasteiger partial charge in [-0.3, -0.25) is 0 Å². The maximum absolute atomic E-state index is 13.2. The van der Waals surface area contributed by atoms with E-state index in [1.807, 2.05) is 0 Å². The molecule has 0 spiro atoms. The fourth-order valence-corrected chi connectivity index (χ4v) is 1.51. The van der Waals surface area contributed by atoms with Crippen LogP contribution in [0.15, 0.2) is 12.1 Å². The minimum absolute atomic E-state index is 0.0630. The van der Waals surface area contributed by atoms with E-state index in [1.54, 1.807) is 0 Å². The molecular formula is C8H4F3N3S. The zero-order valence-electron chi connectivity index (χ0n) is 7.17. The Hall–Kier alpha value is -1.63. The first-order chi connectivity index (χ1) is 7.09. The monoisotopic (exact) mass is 231 g/mol. The molecule has 2 rings (SSSR count). The van der Waals surface area contributed by atoms with Gasteiger partial charge in [0, 0.05) is 11.5 Å². The van der Waals surface area contributed by atoms with Gasteiger partial charge in [-0.25, -0.2) is 13.2 Å². The minimum Gasteiger partial charge on any atom is -0.374 e. The molecule has 0 amide bonds. The zero-order chi connectivity index (χ0) is 11.0. The van der Waals surface area contributed by atoms with Crippen molar-refractivity contribution in [1.29, 1.82) is 0 Å². The van der Waals surface area contributed by atoms with Gasteiger partial charge in [-0.15, -0.1) is 0 Å². The van der Waals surface area contributed by atoms with Gasteiger partial charge in [0.15, 0.2) is 22.6 Å². The average molecular weight is 231 g/mol. The minimum atomic E-state index is -1.31. The number of nitrogens with zero attached hydrogens (tertiary/aromatic N) is 2. The molecule has 78 valence electrons. The SMILES string of the molecule is Nc1nc(-c2c(F)ccc(F)c2F)ns1. The standard InChI is InChI=1S/C8H4F3N3S/c9-3-1-2-4(10)6(11)5(3)7-13-8(12)15-14-7/h1-2H,(H2,12,13,14). The molecule has 0 saturated heterocycles. The maximum Gasteiger partial charge on any atom is 0.200 e. The first-order valence-electron chi connectivity index (χ1n) is 3.82. The molecule has 3 nitrogen and oxygen atoms in total. The summed E-state index contributed by atoms with van der Waals surface area (Å²) in [6, 6.07) is 1.51. The molecule has 0 aliphatic carbocycles. The van der Waals surface area contributed by atoms with E-state index in [4.69, 9.17) is 5.73 Å². The molecule has 0 aliphatic rings. The Kier molecular flexibility index (Phi) is 2.31. The number of rotatable bonds is 1. The van der Waals surface area contributed by atoms with Crippen molar-refractivity contribution in [2.45, 2.75) is 0 Å². The van der Waals surface area contributed by atoms with Gasteiger partial charge in [-0.1, -0.05) is 0 Å². The number of anilines is 1. The Labute approximate surface area is 86.5 Å². The highest BCUT2D eigenvalue weighted by molar-refractivity contribution is 7.09. The van der Waals surface area contributed by atoms with Crippen molar-refractivity contribution in [3.63, 3.8) is 0 Å². The molecule has 1 heterocycles. The highest BCUT2D eigenvalue weighted by atomic mass is 32.1. The molecular weight excluding hydrogens is 227 g/mol. The number of nitrogen functional groups attached to an aromatic ring is 1. The van der Waals surface area contributed by atoms with Crippen LogP contribution in [0, 0.1) is 17.5 Å². The fourth-order valence-electron chi connectivity index (χ4n) is 1.07. The molecule has 1 aromatic carbocycles. The summed E-state index contributed by atoms with van der Waals surface area (Å²) in [6.45, 7) is 0. The topological polar surface area (TPSA) is 51.8 Å². The molecule has 15 heavy (non-hydrogen) atoms. The van der Waals surface area contributed by atoms with Crippen molar-refractivity contribution in [3.8, 4) is 11.4 Å². The summed E-state index contributed by atoms with van der Waals surface area (Å²) in [4.78, 5) is 3.58. The van der Waals surface area contributed by atoms with Crippen molar-refractivity contribution < 1.29 is 13.2 Å². The number of hydrogen-bond acceptors (Lipinski definition) is 4. The average Bonchev–Trinajstić information content (AvgIpc) is 2.59. The lowest BCUT2D eigenvalue weighted by molar-refractivity contribution is 0.498. The van der Waals surface area contributed by atoms with Crippen molar-refractivity contribution in [1.82, 2.24) is 9.36 Å². The number of aromatic nitrogens is 2. The van der Waals surface area contributed by atoms with Gasteiger partial charge in [0.1, 0.15) is 5.82 Å². The van der Waals surface area contributed by atoms with Gasteiger partial charge >= 0.3 is 0 Å². The smallest absolute Gasteiger partial charge is 0.200 e. The highest BCUT2D eigenvalue weighted by Crippen LogP contribution is 2.26. The maximum atomic E-state index is 13.2. The lowest BCUT2D eigenvalue weighted by Crippen LogP contribution is -1.95. The first-order valence-corrected chi connectivity index (χ1v) is 4.60. The van der Waals surface area contributed by atoms with Crippen LogP contribution in [0.5, 0.6) is 0 Å².